The maximum Gasteiger partial charge on any atom is 0.274 e. The van der Waals surface area contributed by atoms with Crippen LogP contribution in [0.1, 0.15) is 11.1 Å². The Balaban J connectivity index is 2.16. The highest BCUT2D eigenvalue weighted by Crippen LogP contribution is 2.21. The van der Waals surface area contributed by atoms with Crippen molar-refractivity contribution in [2.75, 3.05) is 5.32 Å². The lowest BCUT2D eigenvalue weighted by Gasteiger charge is -2.09. The van der Waals surface area contributed by atoms with Crippen LogP contribution in [0.4, 0.5) is 20.2 Å². The van der Waals surface area contributed by atoms with Gasteiger partial charge < -0.3 is 5.32 Å². The molecule has 0 saturated heterocycles. The van der Waals surface area contributed by atoms with Crippen LogP contribution in [0.15, 0.2) is 36.4 Å². The van der Waals surface area contributed by atoms with Crippen LogP contribution in [0, 0.1) is 28.7 Å². The van der Waals surface area contributed by atoms with Gasteiger partial charge in [0.15, 0.2) is 0 Å². The molecule has 0 saturated carbocycles. The fourth-order valence-electron chi connectivity index (χ4n) is 1.84. The largest absolute Gasteiger partial charge is 0.381 e. The van der Waals surface area contributed by atoms with Crippen LogP contribution in [0.2, 0.25) is 0 Å². The Morgan fingerprint density at radius 2 is 1.90 bits per heavy atom. The first-order valence-electron chi connectivity index (χ1n) is 5.89. The standard InChI is InChI=1S/C14H12F2N2O2/c1-9-4-11(15)3-2-10(9)8-17-13-5-12(16)6-14(7-13)18(19)20/h2-7,17H,8H2,1H3. The number of non-ortho nitro benzene ring substituents is 1. The maximum atomic E-state index is 13.3. The number of hydrogen-bond donors (Lipinski definition) is 1. The van der Waals surface area contributed by atoms with E-state index in [0.717, 1.165) is 17.2 Å². The van der Waals surface area contributed by atoms with Crippen LogP contribution in [0.5, 0.6) is 0 Å². The van der Waals surface area contributed by atoms with E-state index in [1.54, 1.807) is 13.0 Å². The SMILES string of the molecule is Cc1cc(F)ccc1CNc1cc(F)cc([N+](=O)[O-])c1. The number of nitro benzene ring substituents is 1. The van der Waals surface area contributed by atoms with Crippen molar-refractivity contribution in [1.82, 2.24) is 0 Å². The van der Waals surface area contributed by atoms with E-state index < -0.39 is 10.7 Å². The number of nitrogens with one attached hydrogen (secondary N) is 1. The third-order valence-corrected chi connectivity index (χ3v) is 2.88. The lowest BCUT2D eigenvalue weighted by molar-refractivity contribution is -0.385. The molecule has 4 nitrogen and oxygen atoms in total. The Labute approximate surface area is 114 Å². The Hall–Kier alpha value is -2.50. The average molecular weight is 278 g/mol. The summed E-state index contributed by atoms with van der Waals surface area (Å²) in [6, 6.07) is 7.62. The predicted molar refractivity (Wildman–Crippen MR) is 71.5 cm³/mol. The van der Waals surface area contributed by atoms with Gasteiger partial charge in [-0.05, 0) is 36.2 Å². The second kappa shape index (κ2) is 5.64. The molecule has 104 valence electrons. The van der Waals surface area contributed by atoms with E-state index in [2.05, 4.69) is 5.32 Å². The van der Waals surface area contributed by atoms with Crippen LogP contribution in [0.25, 0.3) is 0 Å². The van der Waals surface area contributed by atoms with Gasteiger partial charge in [-0.2, -0.15) is 0 Å². The highest BCUT2D eigenvalue weighted by molar-refractivity contribution is 5.52. The van der Waals surface area contributed by atoms with E-state index in [0.29, 0.717) is 12.2 Å². The van der Waals surface area contributed by atoms with Crippen LogP contribution < -0.4 is 5.32 Å². The lowest BCUT2D eigenvalue weighted by Crippen LogP contribution is -2.02. The first-order valence-corrected chi connectivity index (χ1v) is 5.89. The van der Waals surface area contributed by atoms with Crippen LogP contribution in [0.3, 0.4) is 0 Å². The summed E-state index contributed by atoms with van der Waals surface area (Å²) in [5, 5.41) is 13.5. The van der Waals surface area contributed by atoms with Gasteiger partial charge in [-0.1, -0.05) is 6.07 Å². The summed E-state index contributed by atoms with van der Waals surface area (Å²) in [5.41, 5.74) is 1.57. The van der Waals surface area contributed by atoms with E-state index in [4.69, 9.17) is 0 Å². The normalized spacial score (nSPS) is 10.3. The number of hydrogen-bond acceptors (Lipinski definition) is 3. The fourth-order valence-corrected chi connectivity index (χ4v) is 1.84. The molecule has 6 heteroatoms. The van der Waals surface area contributed by atoms with Gasteiger partial charge in [0, 0.05) is 18.3 Å². The highest BCUT2D eigenvalue weighted by atomic mass is 19.1. The van der Waals surface area contributed by atoms with E-state index in [9.17, 15) is 18.9 Å². The van der Waals surface area contributed by atoms with E-state index in [1.807, 2.05) is 0 Å². The summed E-state index contributed by atoms with van der Waals surface area (Å²) >= 11 is 0. The van der Waals surface area contributed by atoms with E-state index in [1.165, 1.54) is 24.3 Å². The fraction of sp³-hybridized carbons (Fsp3) is 0.143. The molecule has 0 radical (unpaired) electrons. The second-order valence-corrected chi connectivity index (χ2v) is 4.38. The zero-order valence-corrected chi connectivity index (χ0v) is 10.7. The molecular formula is C14H12F2N2O2. The number of nitro groups is 1. The van der Waals surface area contributed by atoms with Crippen molar-refractivity contribution < 1.29 is 13.7 Å². The van der Waals surface area contributed by atoms with Crippen molar-refractivity contribution in [3.63, 3.8) is 0 Å². The molecule has 2 aromatic rings. The van der Waals surface area contributed by atoms with Crippen molar-refractivity contribution >= 4 is 11.4 Å². The summed E-state index contributed by atoms with van der Waals surface area (Å²) in [6.07, 6.45) is 0. The first kappa shape index (κ1) is 13.9. The second-order valence-electron chi connectivity index (χ2n) is 4.38. The molecule has 0 atom stereocenters. The summed E-state index contributed by atoms with van der Waals surface area (Å²) < 4.78 is 26.2. The molecule has 1 N–H and O–H groups in total. The molecule has 2 aromatic carbocycles. The molecule has 20 heavy (non-hydrogen) atoms. The van der Waals surface area contributed by atoms with Crippen molar-refractivity contribution in [1.29, 1.82) is 0 Å². The topological polar surface area (TPSA) is 55.2 Å². The smallest absolute Gasteiger partial charge is 0.274 e. The zero-order chi connectivity index (χ0) is 14.7. The van der Waals surface area contributed by atoms with Gasteiger partial charge in [0.05, 0.1) is 11.0 Å². The minimum Gasteiger partial charge on any atom is -0.381 e. The van der Waals surface area contributed by atoms with Gasteiger partial charge >= 0.3 is 0 Å². The Bertz CT molecular complexity index is 660. The molecule has 0 aliphatic heterocycles. The number of aryl methyl sites for hydroxylation is 1. The van der Waals surface area contributed by atoms with Gasteiger partial charge in [-0.15, -0.1) is 0 Å². The minimum atomic E-state index is -0.683. The highest BCUT2D eigenvalue weighted by Gasteiger charge is 2.10. The molecule has 0 heterocycles. The number of nitrogens with zero attached hydrogens (tertiary/aromatic N) is 1. The maximum absolute atomic E-state index is 13.3. The third-order valence-electron chi connectivity index (χ3n) is 2.88. The third kappa shape index (κ3) is 3.28. The number of anilines is 1. The minimum absolute atomic E-state index is 0.306. The van der Waals surface area contributed by atoms with Gasteiger partial charge in [0.2, 0.25) is 0 Å². The van der Waals surface area contributed by atoms with Crippen molar-refractivity contribution in [2.45, 2.75) is 13.5 Å². The van der Waals surface area contributed by atoms with Crippen molar-refractivity contribution in [2.24, 2.45) is 0 Å². The Kier molecular flexibility index (Phi) is 3.93. The summed E-state index contributed by atoms with van der Waals surface area (Å²) in [6.45, 7) is 2.08. The molecule has 0 amide bonds. The molecule has 0 aliphatic carbocycles. The van der Waals surface area contributed by atoms with E-state index in [-0.39, 0.29) is 11.5 Å². The quantitative estimate of drug-likeness (QED) is 0.683. The Morgan fingerprint density at radius 1 is 1.15 bits per heavy atom. The summed E-state index contributed by atoms with van der Waals surface area (Å²) in [5.74, 6) is -1.01. The summed E-state index contributed by atoms with van der Waals surface area (Å²) in [4.78, 5) is 9.99. The molecule has 0 aliphatic rings. The number of benzene rings is 2. The summed E-state index contributed by atoms with van der Waals surface area (Å²) in [7, 11) is 0. The monoisotopic (exact) mass is 278 g/mol. The average Bonchev–Trinajstić information content (AvgIpc) is 2.37. The predicted octanol–water partition coefficient (Wildman–Crippen LogP) is 3.79. The van der Waals surface area contributed by atoms with Gasteiger partial charge in [-0.25, -0.2) is 8.78 Å². The molecule has 0 aromatic heterocycles. The molecule has 0 fully saturated rings. The molecule has 0 spiro atoms. The van der Waals surface area contributed by atoms with E-state index >= 15 is 0 Å². The molecular weight excluding hydrogens is 266 g/mol. The van der Waals surface area contributed by atoms with Gasteiger partial charge in [-0.3, -0.25) is 10.1 Å². The zero-order valence-electron chi connectivity index (χ0n) is 10.7. The lowest BCUT2D eigenvalue weighted by atomic mass is 10.1. The van der Waals surface area contributed by atoms with Crippen molar-refractivity contribution in [3.05, 3.63) is 69.3 Å². The van der Waals surface area contributed by atoms with Crippen molar-refractivity contribution in [3.8, 4) is 0 Å². The first-order chi connectivity index (χ1) is 9.45. The molecule has 0 bridgehead atoms. The van der Waals surface area contributed by atoms with Crippen LogP contribution >= 0.6 is 0 Å². The Morgan fingerprint density at radius 3 is 2.55 bits per heavy atom. The number of rotatable bonds is 4. The van der Waals surface area contributed by atoms with Gasteiger partial charge in [0.1, 0.15) is 11.6 Å². The molecule has 2 rings (SSSR count). The van der Waals surface area contributed by atoms with Crippen LogP contribution in [-0.2, 0) is 6.54 Å². The number of halogens is 2. The van der Waals surface area contributed by atoms with Crippen LogP contribution in [-0.4, -0.2) is 4.92 Å². The van der Waals surface area contributed by atoms with Gasteiger partial charge in [0.25, 0.3) is 5.69 Å². The molecule has 0 unspecified atom stereocenters.